The average molecular weight is 207 g/mol. The highest BCUT2D eigenvalue weighted by atomic mass is 35.5. The minimum Gasteiger partial charge on any atom is -0.324 e. The zero-order valence-electron chi connectivity index (χ0n) is 5.20. The van der Waals surface area contributed by atoms with Crippen LogP contribution < -0.4 is 0 Å². The minimum absolute atomic E-state index is 0.290. The van der Waals surface area contributed by atoms with Crippen molar-refractivity contribution in [3.05, 3.63) is 0 Å². The summed E-state index contributed by atoms with van der Waals surface area (Å²) in [5, 5.41) is -0.515. The first-order valence-electron chi connectivity index (χ1n) is 2.70. The van der Waals surface area contributed by atoms with Gasteiger partial charge in [0.05, 0.1) is 6.16 Å². The van der Waals surface area contributed by atoms with Gasteiger partial charge in [-0.05, 0) is 6.42 Å². The summed E-state index contributed by atoms with van der Waals surface area (Å²) in [7, 11) is -3.94. The molecule has 1 unspecified atom stereocenters. The lowest BCUT2D eigenvalue weighted by molar-refractivity contribution is 0.372. The molecule has 6 heteroatoms. The molecule has 0 rings (SSSR count). The van der Waals surface area contributed by atoms with Crippen LogP contribution in [0.3, 0.4) is 0 Å². The molecule has 0 aromatic rings. The molecule has 2 N–H and O–H groups in total. The highest BCUT2D eigenvalue weighted by molar-refractivity contribution is 7.51. The van der Waals surface area contributed by atoms with Crippen molar-refractivity contribution in [1.82, 2.24) is 0 Å². The Morgan fingerprint density at radius 3 is 2.30 bits per heavy atom. The monoisotopic (exact) mass is 206 g/mol. The van der Waals surface area contributed by atoms with Gasteiger partial charge in [0.15, 0.2) is 0 Å². The molecule has 0 aliphatic rings. The topological polar surface area (TPSA) is 57.5 Å². The zero-order valence-corrected chi connectivity index (χ0v) is 7.61. The lowest BCUT2D eigenvalue weighted by atomic mass is 10.4. The van der Waals surface area contributed by atoms with Gasteiger partial charge in [0, 0.05) is 11.3 Å². The third-order valence-electron chi connectivity index (χ3n) is 0.858. The van der Waals surface area contributed by atoms with E-state index in [2.05, 4.69) is 0 Å². The number of halogens is 2. The van der Waals surface area contributed by atoms with Crippen molar-refractivity contribution in [2.75, 3.05) is 12.0 Å². The first-order valence-corrected chi connectivity index (χ1v) is 5.47. The molecule has 3 nitrogen and oxygen atoms in total. The maximum Gasteiger partial charge on any atom is 0.327 e. The van der Waals surface area contributed by atoms with Gasteiger partial charge < -0.3 is 9.79 Å². The SMILES string of the molecule is O=P(O)(O)CC(Cl)CCCl. The first-order chi connectivity index (χ1) is 4.45. The maximum atomic E-state index is 10.3. The van der Waals surface area contributed by atoms with Gasteiger partial charge in [0.25, 0.3) is 0 Å². The van der Waals surface area contributed by atoms with E-state index < -0.39 is 13.0 Å². The Morgan fingerprint density at radius 1 is 1.50 bits per heavy atom. The summed E-state index contributed by atoms with van der Waals surface area (Å²) in [6.45, 7) is 0. The molecule has 0 saturated carbocycles. The number of rotatable bonds is 4. The van der Waals surface area contributed by atoms with E-state index in [1.165, 1.54) is 0 Å². The highest BCUT2D eigenvalue weighted by Gasteiger charge is 2.18. The van der Waals surface area contributed by atoms with Crippen LogP contribution in [0.15, 0.2) is 0 Å². The average Bonchev–Trinajstić information content (AvgIpc) is 1.59. The predicted octanol–water partition coefficient (Wildman–Crippen LogP) is 1.40. The van der Waals surface area contributed by atoms with Gasteiger partial charge >= 0.3 is 7.60 Å². The van der Waals surface area contributed by atoms with E-state index in [9.17, 15) is 4.57 Å². The Balaban J connectivity index is 3.58. The molecule has 0 amide bonds. The molecular formula is C4H9Cl2O3P. The van der Waals surface area contributed by atoms with E-state index in [4.69, 9.17) is 33.0 Å². The van der Waals surface area contributed by atoms with Crippen LogP contribution in [-0.2, 0) is 4.57 Å². The highest BCUT2D eigenvalue weighted by Crippen LogP contribution is 2.36. The predicted molar refractivity (Wildman–Crippen MR) is 41.9 cm³/mol. The molecule has 0 heterocycles. The molecule has 0 fully saturated rings. The summed E-state index contributed by atoms with van der Waals surface area (Å²) in [6.07, 6.45) is 0.134. The third kappa shape index (κ3) is 6.84. The molecule has 0 aliphatic carbocycles. The smallest absolute Gasteiger partial charge is 0.324 e. The Hall–Kier alpha value is 0.730. The van der Waals surface area contributed by atoms with E-state index in [1.807, 2.05) is 0 Å². The van der Waals surface area contributed by atoms with E-state index in [0.717, 1.165) is 0 Å². The summed E-state index contributed by atoms with van der Waals surface area (Å²) >= 11 is 10.8. The lowest BCUT2D eigenvalue weighted by Gasteiger charge is -2.07. The van der Waals surface area contributed by atoms with Crippen molar-refractivity contribution in [3.63, 3.8) is 0 Å². The third-order valence-corrected chi connectivity index (χ3v) is 2.58. The van der Waals surface area contributed by atoms with E-state index in [0.29, 0.717) is 12.3 Å². The molecule has 0 spiro atoms. The Bertz CT molecular complexity index is 134. The van der Waals surface area contributed by atoms with Crippen LogP contribution in [-0.4, -0.2) is 27.2 Å². The number of hydrogen-bond acceptors (Lipinski definition) is 1. The zero-order chi connectivity index (χ0) is 8.20. The van der Waals surface area contributed by atoms with Crippen LogP contribution >= 0.6 is 30.8 Å². The van der Waals surface area contributed by atoms with Gasteiger partial charge in [-0.15, -0.1) is 23.2 Å². The first kappa shape index (κ1) is 10.7. The minimum atomic E-state index is -3.94. The van der Waals surface area contributed by atoms with Gasteiger partial charge in [-0.2, -0.15) is 0 Å². The van der Waals surface area contributed by atoms with Crippen LogP contribution in [0.1, 0.15) is 6.42 Å². The molecule has 0 aromatic heterocycles. The van der Waals surface area contributed by atoms with E-state index >= 15 is 0 Å². The van der Waals surface area contributed by atoms with Crippen molar-refractivity contribution in [3.8, 4) is 0 Å². The van der Waals surface area contributed by atoms with Gasteiger partial charge in [0.2, 0.25) is 0 Å². The Kier molecular flexibility index (Phi) is 4.91. The normalized spacial score (nSPS) is 15.2. The van der Waals surface area contributed by atoms with Gasteiger partial charge in [-0.1, -0.05) is 0 Å². The van der Waals surface area contributed by atoms with Crippen molar-refractivity contribution < 1.29 is 14.4 Å². The van der Waals surface area contributed by atoms with Crippen LogP contribution in [0.2, 0.25) is 0 Å². The fourth-order valence-corrected chi connectivity index (χ4v) is 2.19. The summed E-state index contributed by atoms with van der Waals surface area (Å²) in [5.74, 6) is 0.328. The summed E-state index contributed by atoms with van der Waals surface area (Å²) in [5.41, 5.74) is 0. The van der Waals surface area contributed by atoms with Crippen molar-refractivity contribution in [2.24, 2.45) is 0 Å². The van der Waals surface area contributed by atoms with Crippen LogP contribution in [0.25, 0.3) is 0 Å². The second kappa shape index (κ2) is 4.58. The molecule has 62 valence electrons. The van der Waals surface area contributed by atoms with Crippen molar-refractivity contribution in [1.29, 1.82) is 0 Å². The molecule has 0 saturated heterocycles. The van der Waals surface area contributed by atoms with Crippen LogP contribution in [0.5, 0.6) is 0 Å². The standard InChI is InChI=1S/C4H9Cl2O3P/c5-2-1-4(6)3-10(7,8)9/h4H,1-3H2,(H2,7,8,9). The second-order valence-electron chi connectivity index (χ2n) is 1.92. The molecule has 0 aliphatic heterocycles. The van der Waals surface area contributed by atoms with Crippen LogP contribution in [0.4, 0.5) is 0 Å². The molecule has 0 radical (unpaired) electrons. The number of hydrogen-bond donors (Lipinski definition) is 2. The largest absolute Gasteiger partial charge is 0.327 e. The fraction of sp³-hybridized carbons (Fsp3) is 1.00. The maximum absolute atomic E-state index is 10.3. The molecule has 1 atom stereocenters. The summed E-state index contributed by atoms with van der Waals surface area (Å²) in [4.78, 5) is 16.8. The molecular weight excluding hydrogens is 198 g/mol. The van der Waals surface area contributed by atoms with Gasteiger partial charge in [0.1, 0.15) is 0 Å². The molecule has 10 heavy (non-hydrogen) atoms. The fourth-order valence-electron chi connectivity index (χ4n) is 0.468. The van der Waals surface area contributed by atoms with Crippen molar-refractivity contribution in [2.45, 2.75) is 11.8 Å². The molecule has 0 bridgehead atoms. The second-order valence-corrected chi connectivity index (χ2v) is 4.61. The van der Waals surface area contributed by atoms with Crippen LogP contribution in [0, 0.1) is 0 Å². The Labute approximate surface area is 69.5 Å². The number of alkyl halides is 2. The van der Waals surface area contributed by atoms with E-state index in [1.54, 1.807) is 0 Å². The summed E-state index contributed by atoms with van der Waals surface area (Å²) in [6, 6.07) is 0. The van der Waals surface area contributed by atoms with E-state index in [-0.39, 0.29) is 6.16 Å². The molecule has 0 aromatic carbocycles. The van der Waals surface area contributed by atoms with Gasteiger partial charge in [-0.25, -0.2) is 0 Å². The quantitative estimate of drug-likeness (QED) is 0.541. The Morgan fingerprint density at radius 2 is 2.00 bits per heavy atom. The summed E-state index contributed by atoms with van der Waals surface area (Å²) < 4.78 is 10.3. The van der Waals surface area contributed by atoms with Crippen molar-refractivity contribution >= 4 is 30.8 Å². The lowest BCUT2D eigenvalue weighted by Crippen LogP contribution is -2.06. The van der Waals surface area contributed by atoms with Gasteiger partial charge in [-0.3, -0.25) is 4.57 Å².